The van der Waals surface area contributed by atoms with Crippen LogP contribution in [0.5, 0.6) is 11.5 Å². The molecule has 0 radical (unpaired) electrons. The van der Waals surface area contributed by atoms with E-state index in [1.54, 1.807) is 25.1 Å². The fraction of sp³-hybridized carbons (Fsp3) is 0.320. The third kappa shape index (κ3) is 4.61. The number of benzene rings is 2. The lowest BCUT2D eigenvalue weighted by Crippen LogP contribution is -2.32. The molecular formula is C25H27N3O5. The van der Waals surface area contributed by atoms with Gasteiger partial charge in [0.2, 0.25) is 0 Å². The van der Waals surface area contributed by atoms with E-state index in [0.717, 1.165) is 35.1 Å². The number of aromatic nitrogens is 1. The Hall–Kier alpha value is -3.65. The Morgan fingerprint density at radius 1 is 1.12 bits per heavy atom. The van der Waals surface area contributed by atoms with Gasteiger partial charge in [0, 0.05) is 42.2 Å². The molecule has 8 nitrogen and oxygen atoms in total. The van der Waals surface area contributed by atoms with Crippen LogP contribution in [0.2, 0.25) is 0 Å². The van der Waals surface area contributed by atoms with Crippen LogP contribution in [0.15, 0.2) is 42.5 Å². The van der Waals surface area contributed by atoms with Gasteiger partial charge in [-0.2, -0.15) is 0 Å². The van der Waals surface area contributed by atoms with E-state index < -0.39 is 18.0 Å². The van der Waals surface area contributed by atoms with Crippen LogP contribution in [-0.2, 0) is 22.5 Å². The van der Waals surface area contributed by atoms with Crippen LogP contribution in [0.4, 0.5) is 5.69 Å². The smallest absolute Gasteiger partial charge is 0.339 e. The zero-order chi connectivity index (χ0) is 23.5. The second kappa shape index (κ2) is 9.46. The van der Waals surface area contributed by atoms with Gasteiger partial charge >= 0.3 is 5.97 Å². The van der Waals surface area contributed by atoms with E-state index in [1.807, 2.05) is 31.3 Å². The third-order valence-electron chi connectivity index (χ3n) is 5.76. The third-order valence-corrected chi connectivity index (χ3v) is 5.76. The molecule has 0 spiro atoms. The number of methoxy groups -OCH3 is 2. The summed E-state index contributed by atoms with van der Waals surface area (Å²) in [5.41, 5.74) is 3.40. The fourth-order valence-electron chi connectivity index (χ4n) is 3.98. The van der Waals surface area contributed by atoms with Crippen LogP contribution >= 0.6 is 0 Å². The van der Waals surface area contributed by atoms with Crippen LogP contribution in [-0.4, -0.2) is 55.7 Å². The molecule has 0 fully saturated rings. The molecule has 1 N–H and O–H groups in total. The molecule has 1 aromatic heterocycles. The topological polar surface area (TPSA) is 90.0 Å². The summed E-state index contributed by atoms with van der Waals surface area (Å²) >= 11 is 0. The number of pyridine rings is 1. The molecule has 1 aliphatic rings. The average Bonchev–Trinajstić information content (AvgIpc) is 2.82. The summed E-state index contributed by atoms with van der Waals surface area (Å²) in [6, 6.07) is 12.6. The van der Waals surface area contributed by atoms with Gasteiger partial charge in [0.1, 0.15) is 11.5 Å². The SMILES string of the molecule is COc1ccc(OC)c(NC(=O)C(C)OC(=O)c2c3c(nc4ccccc24)CCN(C)C3)c1. The molecule has 2 aromatic carbocycles. The van der Waals surface area contributed by atoms with Gasteiger partial charge in [-0.05, 0) is 32.2 Å². The van der Waals surface area contributed by atoms with E-state index in [0.29, 0.717) is 29.3 Å². The van der Waals surface area contributed by atoms with Crippen LogP contribution in [0.3, 0.4) is 0 Å². The minimum Gasteiger partial charge on any atom is -0.497 e. The van der Waals surface area contributed by atoms with Gasteiger partial charge in [-0.1, -0.05) is 18.2 Å². The molecule has 1 unspecified atom stereocenters. The predicted molar refractivity (Wildman–Crippen MR) is 125 cm³/mol. The van der Waals surface area contributed by atoms with Crippen molar-refractivity contribution in [1.29, 1.82) is 0 Å². The zero-order valence-electron chi connectivity index (χ0n) is 19.2. The Morgan fingerprint density at radius 2 is 1.91 bits per heavy atom. The number of carbonyl (C=O) groups excluding carboxylic acids is 2. The lowest BCUT2D eigenvalue weighted by molar-refractivity contribution is -0.123. The summed E-state index contributed by atoms with van der Waals surface area (Å²) in [6.45, 7) is 3.01. The summed E-state index contributed by atoms with van der Waals surface area (Å²) in [4.78, 5) is 33.1. The van der Waals surface area contributed by atoms with E-state index in [9.17, 15) is 9.59 Å². The number of para-hydroxylation sites is 1. The summed E-state index contributed by atoms with van der Waals surface area (Å²) < 4.78 is 16.2. The lowest BCUT2D eigenvalue weighted by Gasteiger charge is -2.27. The van der Waals surface area contributed by atoms with E-state index in [1.165, 1.54) is 14.2 Å². The number of hydrogen-bond acceptors (Lipinski definition) is 7. The minimum absolute atomic E-state index is 0.429. The van der Waals surface area contributed by atoms with Gasteiger partial charge in [-0.15, -0.1) is 0 Å². The highest BCUT2D eigenvalue weighted by atomic mass is 16.5. The molecule has 1 aliphatic heterocycles. The maximum absolute atomic E-state index is 13.3. The highest BCUT2D eigenvalue weighted by Gasteiger charge is 2.28. The van der Waals surface area contributed by atoms with Gasteiger partial charge < -0.3 is 24.4 Å². The molecule has 1 amide bonds. The summed E-state index contributed by atoms with van der Waals surface area (Å²) in [5.74, 6) is 0.0225. The van der Waals surface area contributed by atoms with Crippen LogP contribution in [0.25, 0.3) is 10.9 Å². The number of likely N-dealkylation sites (N-methyl/N-ethyl adjacent to an activating group) is 1. The van der Waals surface area contributed by atoms with E-state index >= 15 is 0 Å². The summed E-state index contributed by atoms with van der Waals surface area (Å²) in [5, 5.41) is 3.48. The molecule has 1 atom stereocenters. The molecular weight excluding hydrogens is 422 g/mol. The molecule has 3 aromatic rings. The van der Waals surface area contributed by atoms with Crippen LogP contribution < -0.4 is 14.8 Å². The maximum atomic E-state index is 13.3. The Kier molecular flexibility index (Phi) is 6.46. The summed E-state index contributed by atoms with van der Waals surface area (Å²) in [7, 11) is 5.05. The zero-order valence-corrected chi connectivity index (χ0v) is 19.2. The van der Waals surface area contributed by atoms with Gasteiger partial charge in [0.25, 0.3) is 5.91 Å². The second-order valence-electron chi connectivity index (χ2n) is 8.02. The Labute approximate surface area is 192 Å². The molecule has 33 heavy (non-hydrogen) atoms. The molecule has 8 heteroatoms. The first kappa shape index (κ1) is 22.5. The normalized spacial score (nSPS) is 14.3. The monoisotopic (exact) mass is 449 g/mol. The highest BCUT2D eigenvalue weighted by Crippen LogP contribution is 2.30. The number of rotatable bonds is 6. The molecule has 172 valence electrons. The molecule has 2 heterocycles. The molecule has 0 aliphatic carbocycles. The van der Waals surface area contributed by atoms with Crippen molar-refractivity contribution in [2.75, 3.05) is 33.1 Å². The van der Waals surface area contributed by atoms with Crippen LogP contribution in [0, 0.1) is 0 Å². The van der Waals surface area contributed by atoms with E-state index in [-0.39, 0.29) is 0 Å². The Balaban J connectivity index is 1.60. The molecule has 0 saturated heterocycles. The molecule has 0 saturated carbocycles. The van der Waals surface area contributed by atoms with Crippen molar-refractivity contribution in [1.82, 2.24) is 9.88 Å². The largest absolute Gasteiger partial charge is 0.497 e. The molecule has 0 bridgehead atoms. The Morgan fingerprint density at radius 3 is 2.67 bits per heavy atom. The Bertz CT molecular complexity index is 1210. The fourth-order valence-corrected chi connectivity index (χ4v) is 3.98. The first-order chi connectivity index (χ1) is 15.9. The maximum Gasteiger partial charge on any atom is 0.339 e. The number of fused-ring (bicyclic) bond motifs is 2. The van der Waals surface area contributed by atoms with E-state index in [4.69, 9.17) is 19.2 Å². The number of nitrogens with zero attached hydrogens (tertiary/aromatic N) is 2. The quantitative estimate of drug-likeness (QED) is 0.577. The van der Waals surface area contributed by atoms with Crippen molar-refractivity contribution in [3.05, 3.63) is 59.3 Å². The first-order valence-corrected chi connectivity index (χ1v) is 10.7. The number of ether oxygens (including phenoxy) is 3. The predicted octanol–water partition coefficient (Wildman–Crippen LogP) is 3.42. The van der Waals surface area contributed by atoms with Crippen molar-refractivity contribution in [2.24, 2.45) is 0 Å². The van der Waals surface area contributed by atoms with Gasteiger partial charge in [0.15, 0.2) is 6.10 Å². The number of anilines is 1. The standard InChI is InChI=1S/C25H27N3O5/c1-15(24(29)27-21-13-16(31-3)9-10-22(21)32-4)33-25(30)23-17-7-5-6-8-19(17)26-20-11-12-28(2)14-18(20)23/h5-10,13,15H,11-12,14H2,1-4H3,(H,27,29). The van der Waals surface area contributed by atoms with Crippen LogP contribution in [0.1, 0.15) is 28.5 Å². The lowest BCUT2D eigenvalue weighted by atomic mass is 9.96. The highest BCUT2D eigenvalue weighted by molar-refractivity contribution is 6.06. The first-order valence-electron chi connectivity index (χ1n) is 10.7. The number of carbonyl (C=O) groups is 2. The number of amides is 1. The summed E-state index contributed by atoms with van der Waals surface area (Å²) in [6.07, 6.45) is -0.278. The van der Waals surface area contributed by atoms with Crippen molar-refractivity contribution in [3.63, 3.8) is 0 Å². The van der Waals surface area contributed by atoms with Crippen molar-refractivity contribution >= 4 is 28.5 Å². The van der Waals surface area contributed by atoms with Crippen molar-refractivity contribution in [3.8, 4) is 11.5 Å². The number of esters is 1. The second-order valence-corrected chi connectivity index (χ2v) is 8.02. The molecule has 4 rings (SSSR count). The van der Waals surface area contributed by atoms with Crippen molar-refractivity contribution in [2.45, 2.75) is 26.0 Å². The van der Waals surface area contributed by atoms with Gasteiger partial charge in [0.05, 0.1) is 31.0 Å². The average molecular weight is 450 g/mol. The number of hydrogen-bond donors (Lipinski definition) is 1. The minimum atomic E-state index is -1.03. The van der Waals surface area contributed by atoms with Gasteiger partial charge in [-0.3, -0.25) is 9.78 Å². The van der Waals surface area contributed by atoms with E-state index in [2.05, 4.69) is 10.2 Å². The number of nitrogens with one attached hydrogen (secondary N) is 1. The van der Waals surface area contributed by atoms with Gasteiger partial charge in [-0.25, -0.2) is 4.79 Å². The van der Waals surface area contributed by atoms with Crippen molar-refractivity contribution < 1.29 is 23.8 Å².